The molecule has 3 aromatic rings. The van der Waals surface area contributed by atoms with Crippen molar-refractivity contribution in [3.05, 3.63) is 64.3 Å². The zero-order chi connectivity index (χ0) is 19.4. The van der Waals surface area contributed by atoms with Gasteiger partial charge in [0, 0.05) is 41.8 Å². The summed E-state index contributed by atoms with van der Waals surface area (Å²) >= 11 is 0. The van der Waals surface area contributed by atoms with Gasteiger partial charge in [-0.15, -0.1) is 0 Å². The summed E-state index contributed by atoms with van der Waals surface area (Å²) in [6.07, 6.45) is 4.12. The smallest absolute Gasteiger partial charge is 0.251 e. The van der Waals surface area contributed by atoms with Crippen molar-refractivity contribution in [3.8, 4) is 11.4 Å². The van der Waals surface area contributed by atoms with Crippen molar-refractivity contribution < 1.29 is 4.79 Å². The van der Waals surface area contributed by atoms with E-state index in [0.717, 1.165) is 16.8 Å². The summed E-state index contributed by atoms with van der Waals surface area (Å²) < 4.78 is 1.65. The van der Waals surface area contributed by atoms with Gasteiger partial charge in [0.1, 0.15) is 11.9 Å². The van der Waals surface area contributed by atoms with Crippen LogP contribution in [0.15, 0.2) is 47.5 Å². The minimum absolute atomic E-state index is 0.196. The predicted octanol–water partition coefficient (Wildman–Crippen LogP) is 1.63. The molecule has 2 aromatic heterocycles. The molecule has 1 aromatic carbocycles. The first-order valence-electron chi connectivity index (χ1n) is 8.67. The molecule has 140 valence electrons. The third kappa shape index (κ3) is 4.29. The van der Waals surface area contributed by atoms with E-state index in [1.165, 1.54) is 6.07 Å². The number of aromatic amines is 1. The summed E-state index contributed by atoms with van der Waals surface area (Å²) in [6.45, 7) is 1.94. The number of anilines is 1. The van der Waals surface area contributed by atoms with E-state index < -0.39 is 6.04 Å². The quantitative estimate of drug-likeness (QED) is 0.615. The fraction of sp³-hybridized carbons (Fsp3) is 0.263. The van der Waals surface area contributed by atoms with Crippen molar-refractivity contribution in [1.29, 1.82) is 0 Å². The lowest BCUT2D eigenvalue weighted by atomic mass is 10.1. The summed E-state index contributed by atoms with van der Waals surface area (Å²) in [4.78, 5) is 31.7. The van der Waals surface area contributed by atoms with E-state index in [0.29, 0.717) is 17.9 Å². The van der Waals surface area contributed by atoms with E-state index >= 15 is 0 Å². The standard InChI is InChI=1S/C19H22N6O2/c1-4-14-9-16(26)24-18(22-14)12-6-5-7-15(8-12)23-19(27)17(20-2)13-10-21-25(3)11-13/h5-11,17,20H,4H2,1-3H3,(H,23,27)(H,22,24,26). The van der Waals surface area contributed by atoms with Crippen LogP contribution in [0.4, 0.5) is 5.69 Å². The number of aryl methyl sites for hydroxylation is 2. The Bertz CT molecular complexity index is 1010. The fourth-order valence-electron chi connectivity index (χ4n) is 2.82. The maximum absolute atomic E-state index is 12.7. The number of hydrogen-bond acceptors (Lipinski definition) is 5. The maximum Gasteiger partial charge on any atom is 0.251 e. The molecule has 0 radical (unpaired) electrons. The Morgan fingerprint density at radius 1 is 1.33 bits per heavy atom. The highest BCUT2D eigenvalue weighted by atomic mass is 16.2. The fourth-order valence-corrected chi connectivity index (χ4v) is 2.82. The van der Waals surface area contributed by atoms with Gasteiger partial charge < -0.3 is 15.6 Å². The number of amides is 1. The molecule has 0 saturated carbocycles. The lowest BCUT2D eigenvalue weighted by Crippen LogP contribution is -2.30. The Morgan fingerprint density at radius 2 is 2.15 bits per heavy atom. The van der Waals surface area contributed by atoms with Crippen molar-refractivity contribution in [3.63, 3.8) is 0 Å². The maximum atomic E-state index is 12.7. The first kappa shape index (κ1) is 18.5. The van der Waals surface area contributed by atoms with Gasteiger partial charge >= 0.3 is 0 Å². The average Bonchev–Trinajstić information content (AvgIpc) is 3.08. The van der Waals surface area contributed by atoms with Crippen molar-refractivity contribution in [2.24, 2.45) is 7.05 Å². The van der Waals surface area contributed by atoms with Crippen molar-refractivity contribution in [2.45, 2.75) is 19.4 Å². The number of carbonyl (C=O) groups excluding carboxylic acids is 1. The van der Waals surface area contributed by atoms with Gasteiger partial charge in [-0.1, -0.05) is 19.1 Å². The van der Waals surface area contributed by atoms with Crippen LogP contribution in [-0.4, -0.2) is 32.7 Å². The molecule has 1 unspecified atom stereocenters. The first-order chi connectivity index (χ1) is 13.0. The topological polar surface area (TPSA) is 105 Å². The highest BCUT2D eigenvalue weighted by Gasteiger charge is 2.20. The molecule has 0 aliphatic carbocycles. The van der Waals surface area contributed by atoms with E-state index in [9.17, 15) is 9.59 Å². The highest BCUT2D eigenvalue weighted by molar-refractivity contribution is 5.95. The van der Waals surface area contributed by atoms with Gasteiger partial charge in [0.25, 0.3) is 5.56 Å². The van der Waals surface area contributed by atoms with Gasteiger partial charge in [-0.25, -0.2) is 4.98 Å². The summed E-state index contributed by atoms with van der Waals surface area (Å²) in [6, 6.07) is 8.18. The Balaban J connectivity index is 1.84. The molecule has 8 heteroatoms. The SMILES string of the molecule is CCc1cc(=O)[nH]c(-c2cccc(NC(=O)C(NC)c3cnn(C)c3)c2)n1. The van der Waals surface area contributed by atoms with Gasteiger partial charge in [-0.3, -0.25) is 14.3 Å². The number of carbonyl (C=O) groups is 1. The number of H-pyrrole nitrogens is 1. The van der Waals surface area contributed by atoms with E-state index in [1.807, 2.05) is 19.1 Å². The van der Waals surface area contributed by atoms with E-state index in [2.05, 4.69) is 25.7 Å². The summed E-state index contributed by atoms with van der Waals surface area (Å²) in [5, 5.41) is 10.00. The Kier molecular flexibility index (Phi) is 5.46. The van der Waals surface area contributed by atoms with Crippen LogP contribution in [0.25, 0.3) is 11.4 Å². The van der Waals surface area contributed by atoms with Gasteiger partial charge in [0.2, 0.25) is 5.91 Å². The van der Waals surface area contributed by atoms with Crippen LogP contribution >= 0.6 is 0 Å². The minimum atomic E-state index is -0.524. The monoisotopic (exact) mass is 366 g/mol. The Hall–Kier alpha value is -3.26. The van der Waals surface area contributed by atoms with E-state index in [1.54, 1.807) is 43.3 Å². The van der Waals surface area contributed by atoms with Crippen LogP contribution in [0.1, 0.15) is 24.2 Å². The van der Waals surface area contributed by atoms with E-state index in [4.69, 9.17) is 0 Å². The van der Waals surface area contributed by atoms with Crippen LogP contribution < -0.4 is 16.2 Å². The van der Waals surface area contributed by atoms with Crippen LogP contribution in [0, 0.1) is 0 Å². The molecule has 27 heavy (non-hydrogen) atoms. The number of nitrogens with one attached hydrogen (secondary N) is 3. The molecule has 0 spiro atoms. The largest absolute Gasteiger partial charge is 0.324 e. The lowest BCUT2D eigenvalue weighted by Gasteiger charge is -2.15. The number of rotatable bonds is 6. The molecule has 0 aliphatic heterocycles. The molecular formula is C19H22N6O2. The van der Waals surface area contributed by atoms with Crippen molar-refractivity contribution in [2.75, 3.05) is 12.4 Å². The molecular weight excluding hydrogens is 344 g/mol. The third-order valence-electron chi connectivity index (χ3n) is 4.17. The third-order valence-corrected chi connectivity index (χ3v) is 4.17. The number of likely N-dealkylation sites (N-methyl/N-ethyl adjacent to an activating group) is 1. The number of benzene rings is 1. The first-order valence-corrected chi connectivity index (χ1v) is 8.67. The molecule has 0 saturated heterocycles. The summed E-state index contributed by atoms with van der Waals surface area (Å²) in [5.74, 6) is 0.277. The molecule has 1 atom stereocenters. The molecule has 8 nitrogen and oxygen atoms in total. The average molecular weight is 366 g/mol. The zero-order valence-corrected chi connectivity index (χ0v) is 15.5. The minimum Gasteiger partial charge on any atom is -0.324 e. The normalized spacial score (nSPS) is 12.0. The molecule has 0 fully saturated rings. The second kappa shape index (κ2) is 7.96. The molecule has 1 amide bonds. The van der Waals surface area contributed by atoms with Crippen LogP contribution in [-0.2, 0) is 18.3 Å². The molecule has 3 rings (SSSR count). The van der Waals surface area contributed by atoms with Crippen molar-refractivity contribution >= 4 is 11.6 Å². The van der Waals surface area contributed by atoms with Gasteiger partial charge in [-0.05, 0) is 25.6 Å². The number of nitrogens with zero attached hydrogens (tertiary/aromatic N) is 3. The van der Waals surface area contributed by atoms with Crippen LogP contribution in [0.2, 0.25) is 0 Å². The van der Waals surface area contributed by atoms with E-state index in [-0.39, 0.29) is 11.5 Å². The van der Waals surface area contributed by atoms with Crippen LogP contribution in [0.5, 0.6) is 0 Å². The van der Waals surface area contributed by atoms with Crippen LogP contribution in [0.3, 0.4) is 0 Å². The van der Waals surface area contributed by atoms with Gasteiger partial charge in [-0.2, -0.15) is 5.10 Å². The lowest BCUT2D eigenvalue weighted by molar-refractivity contribution is -0.118. The predicted molar refractivity (Wildman–Crippen MR) is 103 cm³/mol. The van der Waals surface area contributed by atoms with Crippen molar-refractivity contribution in [1.82, 2.24) is 25.1 Å². The Labute approximate surface area is 156 Å². The molecule has 0 aliphatic rings. The van der Waals surface area contributed by atoms with Gasteiger partial charge in [0.15, 0.2) is 0 Å². The number of aromatic nitrogens is 4. The molecule has 0 bridgehead atoms. The summed E-state index contributed by atoms with van der Waals surface area (Å²) in [5.41, 5.74) is 2.64. The summed E-state index contributed by atoms with van der Waals surface area (Å²) in [7, 11) is 3.52. The molecule has 2 heterocycles. The molecule has 3 N–H and O–H groups in total. The number of hydrogen-bond donors (Lipinski definition) is 3. The second-order valence-electron chi connectivity index (χ2n) is 6.18. The van der Waals surface area contributed by atoms with Gasteiger partial charge in [0.05, 0.1) is 6.20 Å². The second-order valence-corrected chi connectivity index (χ2v) is 6.18. The highest BCUT2D eigenvalue weighted by Crippen LogP contribution is 2.21. The zero-order valence-electron chi connectivity index (χ0n) is 15.5. The Morgan fingerprint density at radius 3 is 2.81 bits per heavy atom.